The van der Waals surface area contributed by atoms with Crippen LogP contribution in [-0.4, -0.2) is 22.9 Å². The van der Waals surface area contributed by atoms with Gasteiger partial charge < -0.3 is 4.74 Å². The van der Waals surface area contributed by atoms with Gasteiger partial charge >= 0.3 is 5.97 Å². The molecule has 0 aliphatic carbocycles. The van der Waals surface area contributed by atoms with Crippen molar-refractivity contribution in [1.82, 2.24) is 0 Å². The van der Waals surface area contributed by atoms with E-state index in [0.717, 1.165) is 5.62 Å². The Morgan fingerprint density at radius 3 is 2.54 bits per heavy atom. The molecule has 0 saturated carbocycles. The average Bonchev–Trinajstić information content (AvgIpc) is 1.94. The highest BCUT2D eigenvalue weighted by Crippen LogP contribution is 2.10. The smallest absolute Gasteiger partial charge is 0.306 e. The standard InChI is InChI=1S/C9H16O3S/c1-9(2,3)12-8(11)5-4-6-13-7-10/h7H,4-6H2,1-3H3. The molecule has 0 spiro atoms. The van der Waals surface area contributed by atoms with Crippen LogP contribution in [0.5, 0.6) is 0 Å². The molecule has 0 aromatic heterocycles. The van der Waals surface area contributed by atoms with Gasteiger partial charge in [0.25, 0.3) is 0 Å². The maximum atomic E-state index is 11.1. The van der Waals surface area contributed by atoms with E-state index in [1.165, 1.54) is 11.8 Å². The van der Waals surface area contributed by atoms with Crippen molar-refractivity contribution in [1.29, 1.82) is 0 Å². The molecule has 0 saturated heterocycles. The first-order valence-corrected chi connectivity index (χ1v) is 5.27. The zero-order valence-corrected chi connectivity index (χ0v) is 9.15. The van der Waals surface area contributed by atoms with Gasteiger partial charge in [-0.1, -0.05) is 11.8 Å². The van der Waals surface area contributed by atoms with Gasteiger partial charge in [0.1, 0.15) is 5.60 Å². The molecule has 4 heteroatoms. The summed E-state index contributed by atoms with van der Waals surface area (Å²) in [4.78, 5) is 21.0. The highest BCUT2D eigenvalue weighted by Gasteiger charge is 2.15. The van der Waals surface area contributed by atoms with Gasteiger partial charge in [-0.2, -0.15) is 0 Å². The Balaban J connectivity index is 3.47. The lowest BCUT2D eigenvalue weighted by molar-refractivity contribution is -0.154. The Labute approximate surface area is 83.2 Å². The Bertz CT molecular complexity index is 172. The van der Waals surface area contributed by atoms with E-state index in [1.807, 2.05) is 20.8 Å². The summed E-state index contributed by atoms with van der Waals surface area (Å²) in [6.07, 6.45) is 1.08. The second kappa shape index (κ2) is 6.02. The van der Waals surface area contributed by atoms with Gasteiger partial charge in [0.05, 0.1) is 0 Å². The van der Waals surface area contributed by atoms with E-state index < -0.39 is 5.60 Å². The van der Waals surface area contributed by atoms with Crippen LogP contribution in [0.1, 0.15) is 33.6 Å². The van der Waals surface area contributed by atoms with Crippen molar-refractivity contribution in [3.63, 3.8) is 0 Å². The molecule has 0 fully saturated rings. The second-order valence-electron chi connectivity index (χ2n) is 3.66. The van der Waals surface area contributed by atoms with Crippen LogP contribution >= 0.6 is 11.8 Å². The highest BCUT2D eigenvalue weighted by atomic mass is 32.2. The third-order valence-corrected chi connectivity index (χ3v) is 1.79. The van der Waals surface area contributed by atoms with Crippen LogP contribution in [0.2, 0.25) is 0 Å². The molecular formula is C9H16O3S. The van der Waals surface area contributed by atoms with E-state index in [4.69, 9.17) is 4.74 Å². The molecule has 0 atom stereocenters. The van der Waals surface area contributed by atoms with Gasteiger partial charge in [-0.05, 0) is 27.2 Å². The van der Waals surface area contributed by atoms with Crippen molar-refractivity contribution in [3.05, 3.63) is 0 Å². The SMILES string of the molecule is CC(C)(C)OC(=O)CCCSC=O. The van der Waals surface area contributed by atoms with Crippen LogP contribution in [-0.2, 0) is 14.3 Å². The monoisotopic (exact) mass is 204 g/mol. The summed E-state index contributed by atoms with van der Waals surface area (Å²) in [5, 5.41) is 0. The average molecular weight is 204 g/mol. The van der Waals surface area contributed by atoms with Gasteiger partial charge in [0.15, 0.2) is 5.62 Å². The minimum Gasteiger partial charge on any atom is -0.460 e. The minimum atomic E-state index is -0.408. The molecule has 13 heavy (non-hydrogen) atoms. The maximum absolute atomic E-state index is 11.1. The fourth-order valence-corrected chi connectivity index (χ4v) is 1.15. The van der Waals surface area contributed by atoms with E-state index in [9.17, 15) is 9.59 Å². The molecule has 76 valence electrons. The number of esters is 1. The number of hydrogen-bond acceptors (Lipinski definition) is 4. The Kier molecular flexibility index (Phi) is 5.79. The largest absolute Gasteiger partial charge is 0.460 e. The first-order valence-electron chi connectivity index (χ1n) is 4.23. The van der Waals surface area contributed by atoms with Gasteiger partial charge in [0.2, 0.25) is 0 Å². The third kappa shape index (κ3) is 9.40. The van der Waals surface area contributed by atoms with Crippen LogP contribution < -0.4 is 0 Å². The van der Waals surface area contributed by atoms with Crippen molar-refractivity contribution in [2.45, 2.75) is 39.2 Å². The van der Waals surface area contributed by atoms with Gasteiger partial charge in [-0.3, -0.25) is 9.59 Å². The number of hydrogen-bond donors (Lipinski definition) is 0. The molecule has 0 aromatic rings. The Morgan fingerprint density at radius 2 is 2.08 bits per heavy atom. The van der Waals surface area contributed by atoms with Crippen molar-refractivity contribution < 1.29 is 14.3 Å². The molecular weight excluding hydrogens is 188 g/mol. The molecule has 0 unspecified atom stereocenters. The van der Waals surface area contributed by atoms with Gasteiger partial charge in [-0.15, -0.1) is 0 Å². The summed E-state index contributed by atoms with van der Waals surface area (Å²) >= 11 is 1.18. The number of thioether (sulfide) groups is 1. The predicted molar refractivity (Wildman–Crippen MR) is 54.3 cm³/mol. The number of ether oxygens (including phenoxy) is 1. The molecule has 0 aliphatic heterocycles. The third-order valence-electron chi connectivity index (χ3n) is 1.13. The predicted octanol–water partition coefficient (Wildman–Crippen LogP) is 2.03. The van der Waals surface area contributed by atoms with Crippen LogP contribution in [0.15, 0.2) is 0 Å². The first-order chi connectivity index (χ1) is 5.95. The minimum absolute atomic E-state index is 0.195. The fraction of sp³-hybridized carbons (Fsp3) is 0.778. The first kappa shape index (κ1) is 12.5. The number of carbonyl (C=O) groups is 2. The van der Waals surface area contributed by atoms with Crippen molar-refractivity contribution in [3.8, 4) is 0 Å². The Hall–Kier alpha value is -0.510. The number of rotatable bonds is 5. The zero-order chi connectivity index (χ0) is 10.3. The van der Waals surface area contributed by atoms with Crippen LogP contribution in [0.3, 0.4) is 0 Å². The molecule has 0 radical (unpaired) electrons. The molecule has 0 amide bonds. The quantitative estimate of drug-likeness (QED) is 0.390. The molecule has 0 aliphatic rings. The van der Waals surface area contributed by atoms with Gasteiger partial charge in [0, 0.05) is 12.2 Å². The summed E-state index contributed by atoms with van der Waals surface area (Å²) in [7, 11) is 0. The lowest BCUT2D eigenvalue weighted by atomic mass is 10.2. The summed E-state index contributed by atoms with van der Waals surface area (Å²) < 4.78 is 5.08. The van der Waals surface area contributed by atoms with Crippen LogP contribution in [0, 0.1) is 0 Å². The molecule has 0 bridgehead atoms. The summed E-state index contributed by atoms with van der Waals surface area (Å²) in [6, 6.07) is 0. The second-order valence-corrected chi connectivity index (χ2v) is 4.59. The lowest BCUT2D eigenvalue weighted by Gasteiger charge is -2.19. The molecule has 0 N–H and O–H groups in total. The van der Waals surface area contributed by atoms with E-state index in [-0.39, 0.29) is 5.97 Å². The fourth-order valence-electron chi connectivity index (χ4n) is 0.740. The topological polar surface area (TPSA) is 43.4 Å². The number of carbonyl (C=O) groups excluding carboxylic acids is 2. The van der Waals surface area contributed by atoms with E-state index in [1.54, 1.807) is 0 Å². The van der Waals surface area contributed by atoms with E-state index in [0.29, 0.717) is 18.6 Å². The lowest BCUT2D eigenvalue weighted by Crippen LogP contribution is -2.23. The molecule has 0 aromatic carbocycles. The van der Waals surface area contributed by atoms with Crippen LogP contribution in [0.4, 0.5) is 0 Å². The zero-order valence-electron chi connectivity index (χ0n) is 8.33. The van der Waals surface area contributed by atoms with Crippen molar-refractivity contribution >= 4 is 23.3 Å². The van der Waals surface area contributed by atoms with Gasteiger partial charge in [-0.25, -0.2) is 0 Å². The van der Waals surface area contributed by atoms with Crippen LogP contribution in [0.25, 0.3) is 0 Å². The Morgan fingerprint density at radius 1 is 1.46 bits per heavy atom. The summed E-state index contributed by atoms with van der Waals surface area (Å²) in [5.41, 5.74) is 0.379. The molecule has 3 nitrogen and oxygen atoms in total. The summed E-state index contributed by atoms with van der Waals surface area (Å²) in [6.45, 7) is 5.52. The van der Waals surface area contributed by atoms with Crippen molar-refractivity contribution in [2.75, 3.05) is 5.75 Å². The summed E-state index contributed by atoms with van der Waals surface area (Å²) in [5.74, 6) is 0.488. The highest BCUT2D eigenvalue weighted by molar-refractivity contribution is 8.11. The maximum Gasteiger partial charge on any atom is 0.306 e. The van der Waals surface area contributed by atoms with E-state index in [2.05, 4.69) is 0 Å². The normalized spacial score (nSPS) is 11.0. The molecule has 0 rings (SSSR count). The molecule has 0 heterocycles. The van der Waals surface area contributed by atoms with Crippen molar-refractivity contribution in [2.24, 2.45) is 0 Å². The van der Waals surface area contributed by atoms with E-state index >= 15 is 0 Å².